The second-order valence-corrected chi connectivity index (χ2v) is 4.26. The molecule has 0 radical (unpaired) electrons. The van der Waals surface area contributed by atoms with Crippen LogP contribution in [0.2, 0.25) is 0 Å². The first kappa shape index (κ1) is 12.5. The molecule has 0 unspecified atom stereocenters. The topological polar surface area (TPSA) is 52.5 Å². The number of aromatic hydroxyl groups is 2. The molecule has 2 aromatic carbocycles. The number of phenolic OH excluding ortho intramolecular Hbond substituents is 2. The van der Waals surface area contributed by atoms with E-state index < -0.39 is 0 Å². The van der Waals surface area contributed by atoms with Crippen LogP contribution in [0.15, 0.2) is 48.5 Å². The fourth-order valence-corrected chi connectivity index (χ4v) is 1.74. The van der Waals surface area contributed by atoms with Gasteiger partial charge in [0.15, 0.2) is 0 Å². The van der Waals surface area contributed by atoms with Gasteiger partial charge in [-0.15, -0.1) is 0 Å². The van der Waals surface area contributed by atoms with Crippen LogP contribution in [0.1, 0.15) is 11.1 Å². The average Bonchev–Trinajstić information content (AvgIpc) is 2.39. The molecule has 3 nitrogen and oxygen atoms in total. The summed E-state index contributed by atoms with van der Waals surface area (Å²) in [6.07, 6.45) is 0.929. The highest BCUT2D eigenvalue weighted by Crippen LogP contribution is 2.10. The van der Waals surface area contributed by atoms with E-state index in [0.717, 1.165) is 25.1 Å². The number of benzene rings is 2. The summed E-state index contributed by atoms with van der Waals surface area (Å²) in [6, 6.07) is 14.5. The quantitative estimate of drug-likeness (QED) is 0.707. The summed E-state index contributed by atoms with van der Waals surface area (Å²) in [5.41, 5.74) is 2.35. The van der Waals surface area contributed by atoms with Crippen LogP contribution in [-0.4, -0.2) is 16.8 Å². The molecule has 0 saturated carbocycles. The Kier molecular flexibility index (Phi) is 4.20. The molecule has 18 heavy (non-hydrogen) atoms. The van der Waals surface area contributed by atoms with Gasteiger partial charge in [-0.2, -0.15) is 0 Å². The summed E-state index contributed by atoms with van der Waals surface area (Å²) >= 11 is 0. The van der Waals surface area contributed by atoms with E-state index in [0.29, 0.717) is 11.5 Å². The predicted molar refractivity (Wildman–Crippen MR) is 71.6 cm³/mol. The van der Waals surface area contributed by atoms with Gasteiger partial charge < -0.3 is 15.5 Å². The Labute approximate surface area is 107 Å². The van der Waals surface area contributed by atoms with Crippen molar-refractivity contribution in [2.45, 2.75) is 13.0 Å². The van der Waals surface area contributed by atoms with Crippen LogP contribution in [0.5, 0.6) is 11.5 Å². The summed E-state index contributed by atoms with van der Waals surface area (Å²) in [6.45, 7) is 1.67. The van der Waals surface area contributed by atoms with Crippen molar-refractivity contribution in [1.29, 1.82) is 0 Å². The highest BCUT2D eigenvalue weighted by molar-refractivity contribution is 5.27. The van der Waals surface area contributed by atoms with Crippen LogP contribution in [0.4, 0.5) is 0 Å². The van der Waals surface area contributed by atoms with Gasteiger partial charge in [0, 0.05) is 6.54 Å². The molecule has 0 aromatic heterocycles. The summed E-state index contributed by atoms with van der Waals surface area (Å²) < 4.78 is 0. The normalized spacial score (nSPS) is 10.4. The fraction of sp³-hybridized carbons (Fsp3) is 0.200. The minimum Gasteiger partial charge on any atom is -0.508 e. The largest absolute Gasteiger partial charge is 0.508 e. The molecule has 0 atom stereocenters. The van der Waals surface area contributed by atoms with Crippen molar-refractivity contribution in [1.82, 2.24) is 5.32 Å². The van der Waals surface area contributed by atoms with Crippen LogP contribution < -0.4 is 5.32 Å². The van der Waals surface area contributed by atoms with E-state index in [9.17, 15) is 0 Å². The van der Waals surface area contributed by atoms with E-state index in [4.69, 9.17) is 10.2 Å². The average molecular weight is 243 g/mol. The third-order valence-electron chi connectivity index (χ3n) is 2.79. The maximum Gasteiger partial charge on any atom is 0.115 e. The van der Waals surface area contributed by atoms with E-state index in [-0.39, 0.29) is 0 Å². The lowest BCUT2D eigenvalue weighted by atomic mass is 10.1. The summed E-state index contributed by atoms with van der Waals surface area (Å²) in [7, 11) is 0. The van der Waals surface area contributed by atoms with E-state index in [2.05, 4.69) is 5.32 Å². The van der Waals surface area contributed by atoms with Crippen LogP contribution in [-0.2, 0) is 13.0 Å². The van der Waals surface area contributed by atoms with Crippen molar-refractivity contribution in [3.8, 4) is 11.5 Å². The SMILES string of the molecule is Oc1ccc(CCNCc2ccc(O)cc2)cc1. The van der Waals surface area contributed by atoms with Gasteiger partial charge in [-0.3, -0.25) is 0 Å². The van der Waals surface area contributed by atoms with Gasteiger partial charge >= 0.3 is 0 Å². The zero-order valence-electron chi connectivity index (χ0n) is 10.1. The van der Waals surface area contributed by atoms with Crippen LogP contribution in [0.25, 0.3) is 0 Å². The zero-order chi connectivity index (χ0) is 12.8. The predicted octanol–water partition coefficient (Wildman–Crippen LogP) is 2.43. The van der Waals surface area contributed by atoms with Crippen LogP contribution in [0.3, 0.4) is 0 Å². The van der Waals surface area contributed by atoms with Crippen molar-refractivity contribution >= 4 is 0 Å². The number of hydrogen-bond donors (Lipinski definition) is 3. The van der Waals surface area contributed by atoms with Crippen molar-refractivity contribution in [2.24, 2.45) is 0 Å². The molecule has 0 aliphatic carbocycles. The molecule has 0 fully saturated rings. The Morgan fingerprint density at radius 1 is 0.722 bits per heavy atom. The Morgan fingerprint density at radius 2 is 1.22 bits per heavy atom. The Bertz CT molecular complexity index is 429. The molecule has 0 aliphatic heterocycles. The number of rotatable bonds is 5. The fourth-order valence-electron chi connectivity index (χ4n) is 1.74. The first-order valence-corrected chi connectivity index (χ1v) is 6.00. The van der Waals surface area contributed by atoms with Gasteiger partial charge in [-0.05, 0) is 48.4 Å². The van der Waals surface area contributed by atoms with Gasteiger partial charge in [0.05, 0.1) is 0 Å². The maximum atomic E-state index is 9.16. The molecule has 3 heteroatoms. The molecular weight excluding hydrogens is 226 g/mol. The van der Waals surface area contributed by atoms with Gasteiger partial charge in [0.1, 0.15) is 11.5 Å². The molecule has 0 amide bonds. The summed E-state index contributed by atoms with van der Waals surface area (Å²) in [5.74, 6) is 0.596. The van der Waals surface area contributed by atoms with Crippen LogP contribution >= 0.6 is 0 Å². The Balaban J connectivity index is 1.73. The van der Waals surface area contributed by atoms with Gasteiger partial charge in [-0.25, -0.2) is 0 Å². The number of hydrogen-bond acceptors (Lipinski definition) is 3. The van der Waals surface area contributed by atoms with Gasteiger partial charge in [0.25, 0.3) is 0 Å². The molecular formula is C15H17NO2. The highest BCUT2D eigenvalue weighted by Gasteiger charge is 1.95. The van der Waals surface area contributed by atoms with E-state index in [1.165, 1.54) is 5.56 Å². The minimum atomic E-state index is 0.294. The third-order valence-corrected chi connectivity index (χ3v) is 2.79. The molecule has 0 aliphatic rings. The lowest BCUT2D eigenvalue weighted by Gasteiger charge is -2.05. The Hall–Kier alpha value is -2.00. The first-order valence-electron chi connectivity index (χ1n) is 6.00. The van der Waals surface area contributed by atoms with Crippen molar-refractivity contribution < 1.29 is 10.2 Å². The molecule has 0 bridgehead atoms. The number of phenols is 2. The Morgan fingerprint density at radius 3 is 1.78 bits per heavy atom. The molecule has 0 heterocycles. The molecule has 94 valence electrons. The lowest BCUT2D eigenvalue weighted by Crippen LogP contribution is -2.16. The van der Waals surface area contributed by atoms with Gasteiger partial charge in [-0.1, -0.05) is 24.3 Å². The lowest BCUT2D eigenvalue weighted by molar-refractivity contribution is 0.474. The smallest absolute Gasteiger partial charge is 0.115 e. The minimum absolute atomic E-state index is 0.294. The van der Waals surface area contributed by atoms with Crippen molar-refractivity contribution in [3.63, 3.8) is 0 Å². The highest BCUT2D eigenvalue weighted by atomic mass is 16.3. The van der Waals surface area contributed by atoms with Gasteiger partial charge in [0.2, 0.25) is 0 Å². The summed E-state index contributed by atoms with van der Waals surface area (Å²) in [4.78, 5) is 0. The maximum absolute atomic E-state index is 9.16. The van der Waals surface area contributed by atoms with E-state index in [1.54, 1.807) is 24.3 Å². The first-order chi connectivity index (χ1) is 8.74. The second kappa shape index (κ2) is 6.07. The molecule has 0 saturated heterocycles. The van der Waals surface area contributed by atoms with E-state index >= 15 is 0 Å². The molecule has 2 aromatic rings. The third kappa shape index (κ3) is 3.79. The molecule has 0 spiro atoms. The van der Waals surface area contributed by atoms with E-state index in [1.807, 2.05) is 24.3 Å². The number of nitrogens with one attached hydrogen (secondary N) is 1. The van der Waals surface area contributed by atoms with Crippen molar-refractivity contribution in [3.05, 3.63) is 59.7 Å². The standard InChI is InChI=1S/C15H17NO2/c17-14-5-1-12(2-6-14)9-10-16-11-13-3-7-15(18)8-4-13/h1-8,16-18H,9-11H2. The second-order valence-electron chi connectivity index (χ2n) is 4.26. The van der Waals surface area contributed by atoms with Crippen molar-refractivity contribution in [2.75, 3.05) is 6.54 Å². The monoisotopic (exact) mass is 243 g/mol. The molecule has 3 N–H and O–H groups in total. The zero-order valence-corrected chi connectivity index (χ0v) is 10.1. The molecule has 2 rings (SSSR count). The summed E-state index contributed by atoms with van der Waals surface area (Å²) in [5, 5.41) is 21.7. The van der Waals surface area contributed by atoms with Crippen LogP contribution in [0, 0.1) is 0 Å².